The van der Waals surface area contributed by atoms with Gasteiger partial charge in [0.15, 0.2) is 0 Å². The molecule has 0 aliphatic carbocycles. The molecule has 0 radical (unpaired) electrons. The fourth-order valence-electron chi connectivity index (χ4n) is 1.77. The fourth-order valence-corrected chi connectivity index (χ4v) is 2.14. The molecule has 0 atom stereocenters. The molecule has 0 aromatic rings. The van der Waals surface area contributed by atoms with Gasteiger partial charge in [-0.2, -0.15) is 0 Å². The van der Waals surface area contributed by atoms with E-state index in [2.05, 4.69) is 11.4 Å². The molecule has 108 valence electrons. The molecule has 0 aromatic heterocycles. The van der Waals surface area contributed by atoms with Gasteiger partial charge in [-0.3, -0.25) is 4.52 Å². The summed E-state index contributed by atoms with van der Waals surface area (Å²) in [5.74, 6) is 0. The molecule has 0 fully saturated rings. The van der Waals surface area contributed by atoms with Crippen LogP contribution in [0.25, 0.3) is 0 Å². The summed E-state index contributed by atoms with van der Waals surface area (Å²) in [6.07, 6.45) is 12.0. The summed E-state index contributed by atoms with van der Waals surface area (Å²) in [4.78, 5) is 16.9. The Kier molecular flexibility index (Phi) is 16.8. The van der Waals surface area contributed by atoms with E-state index in [1.165, 1.54) is 44.9 Å². The van der Waals surface area contributed by atoms with Crippen LogP contribution in [0.4, 0.5) is 0 Å². The number of rotatable bonds is 12. The van der Waals surface area contributed by atoms with Crippen LogP contribution >= 0.6 is 7.82 Å². The molecule has 18 heavy (non-hydrogen) atoms. The van der Waals surface area contributed by atoms with E-state index in [0.29, 0.717) is 0 Å². The maximum atomic E-state index is 10.4. The Morgan fingerprint density at radius 1 is 0.889 bits per heavy atom. The summed E-state index contributed by atoms with van der Waals surface area (Å²) >= 11 is 0. The third-order valence-corrected chi connectivity index (χ3v) is 3.28. The Balaban J connectivity index is -0.000000427. The maximum Gasteiger partial charge on any atom is 2.00 e. The van der Waals surface area contributed by atoms with Gasteiger partial charge in [0.05, 0.1) is 6.61 Å². The van der Waals surface area contributed by atoms with Crippen LogP contribution in [-0.4, -0.2) is 39.4 Å². The number of hydrogen-bond acceptors (Lipinski definition) is 2. The van der Waals surface area contributed by atoms with Crippen molar-refractivity contribution in [3.8, 4) is 0 Å². The van der Waals surface area contributed by atoms with Gasteiger partial charge in [-0.25, -0.2) is 4.57 Å². The second-order valence-electron chi connectivity index (χ2n) is 4.51. The predicted molar refractivity (Wildman–Crippen MR) is 77.8 cm³/mol. The smallest absolute Gasteiger partial charge is 1.00 e. The van der Waals surface area contributed by atoms with Crippen LogP contribution in [0.3, 0.4) is 0 Å². The zero-order valence-electron chi connectivity index (χ0n) is 13.6. The SMILES string of the molecule is CCCCCCCCCCCCOP(=O)(O)O.[H-].[H-].[Mg+2]. The second-order valence-corrected chi connectivity index (χ2v) is 5.75. The number of unbranched alkanes of at least 4 members (excludes halogenated alkanes) is 9. The van der Waals surface area contributed by atoms with Crippen molar-refractivity contribution in [1.82, 2.24) is 0 Å². The van der Waals surface area contributed by atoms with Crippen molar-refractivity contribution in [2.45, 2.75) is 71.1 Å². The third kappa shape index (κ3) is 19.2. The first-order chi connectivity index (χ1) is 8.06. The van der Waals surface area contributed by atoms with E-state index in [9.17, 15) is 4.57 Å². The van der Waals surface area contributed by atoms with Crippen molar-refractivity contribution in [2.24, 2.45) is 0 Å². The van der Waals surface area contributed by atoms with Gasteiger partial charge in [-0.05, 0) is 6.42 Å². The summed E-state index contributed by atoms with van der Waals surface area (Å²) in [5.41, 5.74) is 0. The number of hydrogen-bond donors (Lipinski definition) is 2. The molecule has 0 heterocycles. The number of phosphoric acid groups is 1. The predicted octanol–water partition coefficient (Wildman–Crippen LogP) is 3.86. The largest absolute Gasteiger partial charge is 2.00 e. The molecular formula is C12H29MgO4P. The summed E-state index contributed by atoms with van der Waals surface area (Å²) in [6.45, 7) is 2.39. The Morgan fingerprint density at radius 2 is 1.28 bits per heavy atom. The number of phosphoric ester groups is 1. The summed E-state index contributed by atoms with van der Waals surface area (Å²) < 4.78 is 14.7. The average Bonchev–Trinajstić information content (AvgIpc) is 2.24. The van der Waals surface area contributed by atoms with Crippen LogP contribution in [0.2, 0.25) is 0 Å². The van der Waals surface area contributed by atoms with Crippen LogP contribution in [0.15, 0.2) is 0 Å². The van der Waals surface area contributed by atoms with E-state index >= 15 is 0 Å². The van der Waals surface area contributed by atoms with Crippen molar-refractivity contribution < 1.29 is 21.7 Å². The fraction of sp³-hybridized carbons (Fsp3) is 1.00. The van der Waals surface area contributed by atoms with E-state index in [1.54, 1.807) is 0 Å². The zero-order valence-corrected chi connectivity index (χ0v) is 14.0. The quantitative estimate of drug-likeness (QED) is 0.326. The first kappa shape index (κ1) is 21.2. The molecule has 0 unspecified atom stereocenters. The molecule has 0 aromatic carbocycles. The Morgan fingerprint density at radius 3 is 1.67 bits per heavy atom. The van der Waals surface area contributed by atoms with Crippen molar-refractivity contribution in [2.75, 3.05) is 6.61 Å². The first-order valence-corrected chi connectivity index (χ1v) is 8.29. The van der Waals surface area contributed by atoms with Crippen molar-refractivity contribution in [3.05, 3.63) is 0 Å². The van der Waals surface area contributed by atoms with E-state index in [-0.39, 0.29) is 32.5 Å². The third-order valence-electron chi connectivity index (χ3n) is 2.76. The minimum absolute atomic E-state index is 0. The zero-order chi connectivity index (χ0) is 13.0. The molecule has 0 aliphatic heterocycles. The molecule has 2 N–H and O–H groups in total. The van der Waals surface area contributed by atoms with E-state index in [0.717, 1.165) is 19.3 Å². The van der Waals surface area contributed by atoms with E-state index < -0.39 is 7.82 Å². The van der Waals surface area contributed by atoms with Gasteiger partial charge < -0.3 is 12.6 Å². The van der Waals surface area contributed by atoms with Gasteiger partial charge in [-0.15, -0.1) is 0 Å². The molecule has 0 amide bonds. The van der Waals surface area contributed by atoms with Crippen molar-refractivity contribution >= 4 is 30.9 Å². The van der Waals surface area contributed by atoms with Gasteiger partial charge in [-0.1, -0.05) is 64.7 Å². The molecule has 0 bridgehead atoms. The van der Waals surface area contributed by atoms with Gasteiger partial charge in [0.25, 0.3) is 0 Å². The summed E-state index contributed by atoms with van der Waals surface area (Å²) in [5, 5.41) is 0. The van der Waals surface area contributed by atoms with Crippen LogP contribution in [-0.2, 0) is 9.09 Å². The molecule has 0 spiro atoms. The standard InChI is InChI=1S/C12H27O4P.Mg.2H/c1-2-3-4-5-6-7-8-9-10-11-12-16-17(13,14)15;;;/h2-12H2,1H3,(H2,13,14,15);;;/q;+2;2*-1. The minimum Gasteiger partial charge on any atom is -1.00 e. The Bertz CT molecular complexity index is 218. The van der Waals surface area contributed by atoms with Crippen LogP contribution in [0.1, 0.15) is 74.0 Å². The van der Waals surface area contributed by atoms with Gasteiger partial charge in [0, 0.05) is 0 Å². The van der Waals surface area contributed by atoms with Crippen LogP contribution in [0.5, 0.6) is 0 Å². The average molecular weight is 293 g/mol. The first-order valence-electron chi connectivity index (χ1n) is 6.76. The van der Waals surface area contributed by atoms with Gasteiger partial charge >= 0.3 is 30.9 Å². The molecule has 6 heteroatoms. The van der Waals surface area contributed by atoms with Gasteiger partial charge in [0.2, 0.25) is 0 Å². The normalized spacial score (nSPS) is 11.3. The summed E-state index contributed by atoms with van der Waals surface area (Å²) in [6, 6.07) is 0. The second kappa shape index (κ2) is 14.3. The molecule has 0 rings (SSSR count). The topological polar surface area (TPSA) is 66.8 Å². The monoisotopic (exact) mass is 292 g/mol. The Hall–Kier alpha value is 0.876. The van der Waals surface area contributed by atoms with Crippen molar-refractivity contribution in [1.29, 1.82) is 0 Å². The molecule has 0 aliphatic rings. The molecule has 4 nitrogen and oxygen atoms in total. The van der Waals surface area contributed by atoms with Crippen LogP contribution < -0.4 is 0 Å². The van der Waals surface area contributed by atoms with E-state index in [1.807, 2.05) is 0 Å². The maximum absolute atomic E-state index is 10.4. The molecular weight excluding hydrogens is 263 g/mol. The van der Waals surface area contributed by atoms with Gasteiger partial charge in [0.1, 0.15) is 0 Å². The molecule has 0 saturated heterocycles. The summed E-state index contributed by atoms with van der Waals surface area (Å²) in [7, 11) is -4.24. The Labute approximate surface area is 130 Å². The van der Waals surface area contributed by atoms with Crippen LogP contribution in [0, 0.1) is 0 Å². The van der Waals surface area contributed by atoms with E-state index in [4.69, 9.17) is 9.79 Å². The van der Waals surface area contributed by atoms with Crippen molar-refractivity contribution in [3.63, 3.8) is 0 Å². The molecule has 0 saturated carbocycles. The minimum atomic E-state index is -4.24.